The Bertz CT molecular complexity index is 1710. The van der Waals surface area contributed by atoms with Crippen LogP contribution in [0.3, 0.4) is 0 Å². The number of nitrogens with zero attached hydrogens (tertiary/aromatic N) is 4. The van der Waals surface area contributed by atoms with E-state index in [1.54, 1.807) is 29.9 Å². The molecule has 6 aromatic rings. The molecule has 0 radical (unpaired) electrons. The molecule has 1 fully saturated rings. The van der Waals surface area contributed by atoms with Crippen molar-refractivity contribution in [3.05, 3.63) is 66.6 Å². The van der Waals surface area contributed by atoms with Crippen LogP contribution in [0.4, 0.5) is 5.69 Å². The molecule has 6 aromatic heterocycles. The molecule has 0 saturated heterocycles. The summed E-state index contributed by atoms with van der Waals surface area (Å²) in [5.74, 6) is 0.188. The number of aromatic amines is 2. The number of aromatic nitrogens is 6. The molecule has 8 nitrogen and oxygen atoms in total. The van der Waals surface area contributed by atoms with Crippen LogP contribution >= 0.6 is 11.3 Å². The Labute approximate surface area is 203 Å². The molecule has 0 atom stereocenters. The van der Waals surface area contributed by atoms with E-state index in [4.69, 9.17) is 0 Å². The summed E-state index contributed by atoms with van der Waals surface area (Å²) in [7, 11) is 0. The van der Waals surface area contributed by atoms with Crippen LogP contribution in [0.5, 0.6) is 0 Å². The fourth-order valence-electron chi connectivity index (χ4n) is 4.31. The molecule has 1 aliphatic carbocycles. The van der Waals surface area contributed by atoms with Crippen molar-refractivity contribution in [1.82, 2.24) is 30.1 Å². The van der Waals surface area contributed by atoms with E-state index in [2.05, 4.69) is 53.0 Å². The number of nitrogens with one attached hydrogen (secondary N) is 3. The van der Waals surface area contributed by atoms with Gasteiger partial charge < -0.3 is 10.3 Å². The minimum Gasteiger partial charge on any atom is -0.353 e. The smallest absolute Gasteiger partial charge is 0.227 e. The molecule has 0 bridgehead atoms. The maximum absolute atomic E-state index is 12.2. The molecule has 0 aromatic carbocycles. The van der Waals surface area contributed by atoms with Crippen LogP contribution in [-0.4, -0.2) is 36.0 Å². The van der Waals surface area contributed by atoms with E-state index >= 15 is 0 Å². The van der Waals surface area contributed by atoms with Gasteiger partial charge in [-0.25, -0.2) is 0 Å². The van der Waals surface area contributed by atoms with Gasteiger partial charge in [-0.05, 0) is 48.6 Å². The number of pyridine rings is 3. The molecule has 1 amide bonds. The molecule has 1 aliphatic rings. The molecule has 0 unspecified atom stereocenters. The van der Waals surface area contributed by atoms with Gasteiger partial charge in [-0.15, -0.1) is 11.3 Å². The lowest BCUT2D eigenvalue weighted by molar-refractivity contribution is -0.117. The van der Waals surface area contributed by atoms with Crippen molar-refractivity contribution in [1.29, 1.82) is 0 Å². The van der Waals surface area contributed by atoms with Gasteiger partial charge in [0.15, 0.2) is 0 Å². The number of rotatable bonds is 5. The Kier molecular flexibility index (Phi) is 4.49. The van der Waals surface area contributed by atoms with Crippen molar-refractivity contribution in [3.63, 3.8) is 0 Å². The van der Waals surface area contributed by atoms with E-state index in [0.29, 0.717) is 5.69 Å². The average Bonchev–Trinajstić information content (AvgIpc) is 3.26. The zero-order valence-corrected chi connectivity index (χ0v) is 19.3. The first-order chi connectivity index (χ1) is 17.2. The van der Waals surface area contributed by atoms with Crippen LogP contribution in [-0.2, 0) is 4.79 Å². The summed E-state index contributed by atoms with van der Waals surface area (Å²) < 4.78 is 0. The van der Waals surface area contributed by atoms with Crippen LogP contribution in [0.1, 0.15) is 12.8 Å². The van der Waals surface area contributed by atoms with Gasteiger partial charge in [0, 0.05) is 40.2 Å². The summed E-state index contributed by atoms with van der Waals surface area (Å²) in [5, 5.41) is 14.7. The number of thiophene rings is 1. The van der Waals surface area contributed by atoms with E-state index in [1.165, 1.54) is 0 Å². The van der Waals surface area contributed by atoms with Crippen molar-refractivity contribution in [2.75, 3.05) is 5.32 Å². The second kappa shape index (κ2) is 7.85. The van der Waals surface area contributed by atoms with Gasteiger partial charge in [-0.3, -0.25) is 24.8 Å². The minimum absolute atomic E-state index is 0.0553. The molecular formula is C26H19N7OS. The van der Waals surface area contributed by atoms with E-state index in [9.17, 15) is 4.79 Å². The molecule has 170 valence electrons. The Hall–Kier alpha value is -4.37. The van der Waals surface area contributed by atoms with Crippen LogP contribution < -0.4 is 5.32 Å². The average molecular weight is 478 g/mol. The zero-order valence-electron chi connectivity index (χ0n) is 18.4. The van der Waals surface area contributed by atoms with Gasteiger partial charge in [0.25, 0.3) is 0 Å². The van der Waals surface area contributed by atoms with Crippen molar-refractivity contribution in [2.45, 2.75) is 12.8 Å². The highest BCUT2D eigenvalue weighted by atomic mass is 32.1. The largest absolute Gasteiger partial charge is 0.353 e. The molecule has 7 rings (SSSR count). The summed E-state index contributed by atoms with van der Waals surface area (Å²) in [6.07, 6.45) is 8.93. The van der Waals surface area contributed by atoms with Gasteiger partial charge in [0.1, 0.15) is 5.69 Å². The van der Waals surface area contributed by atoms with Crippen LogP contribution in [0.25, 0.3) is 55.0 Å². The number of fused-ring (bicyclic) bond motifs is 2. The van der Waals surface area contributed by atoms with E-state index < -0.39 is 0 Å². The lowest BCUT2D eigenvalue weighted by Gasteiger charge is -2.06. The number of anilines is 1. The van der Waals surface area contributed by atoms with E-state index in [-0.39, 0.29) is 11.8 Å². The van der Waals surface area contributed by atoms with Crippen LogP contribution in [0.2, 0.25) is 0 Å². The molecular weight excluding hydrogens is 458 g/mol. The highest BCUT2D eigenvalue weighted by Crippen LogP contribution is 2.35. The standard InChI is InChI=1S/C26H19N7OS/c34-26(14-3-4-14)30-16-8-15(11-27-12-16)20-9-18-22(13-29-20)32-33-24(18)21-10-17-19(31-21)5-6-28-25(17)23-2-1-7-35-23/h1-2,5-14,31H,3-4H2,(H,30,34)(H,32,33). The van der Waals surface area contributed by atoms with Crippen molar-refractivity contribution < 1.29 is 4.79 Å². The summed E-state index contributed by atoms with van der Waals surface area (Å²) in [6, 6.07) is 12.1. The normalized spacial score (nSPS) is 13.5. The van der Waals surface area contributed by atoms with E-state index in [1.807, 2.05) is 30.5 Å². The quantitative estimate of drug-likeness (QED) is 0.297. The predicted molar refractivity (Wildman–Crippen MR) is 137 cm³/mol. The monoisotopic (exact) mass is 477 g/mol. The molecule has 1 saturated carbocycles. The third-order valence-electron chi connectivity index (χ3n) is 6.25. The molecule has 3 N–H and O–H groups in total. The lowest BCUT2D eigenvalue weighted by atomic mass is 10.1. The highest BCUT2D eigenvalue weighted by Gasteiger charge is 2.29. The van der Waals surface area contributed by atoms with Gasteiger partial charge in [-0.1, -0.05) is 6.07 Å². The van der Waals surface area contributed by atoms with Crippen molar-refractivity contribution in [2.24, 2.45) is 5.92 Å². The second-order valence-electron chi connectivity index (χ2n) is 8.69. The number of carbonyl (C=O) groups is 1. The lowest BCUT2D eigenvalue weighted by Crippen LogP contribution is -2.13. The Morgan fingerprint density at radius 1 is 1.00 bits per heavy atom. The van der Waals surface area contributed by atoms with Gasteiger partial charge in [0.2, 0.25) is 5.91 Å². The zero-order chi connectivity index (χ0) is 23.4. The minimum atomic E-state index is 0.0553. The highest BCUT2D eigenvalue weighted by molar-refractivity contribution is 7.13. The second-order valence-corrected chi connectivity index (χ2v) is 9.64. The van der Waals surface area contributed by atoms with E-state index in [0.717, 1.165) is 67.9 Å². The summed E-state index contributed by atoms with van der Waals surface area (Å²) in [5.41, 5.74) is 6.77. The Morgan fingerprint density at radius 2 is 1.91 bits per heavy atom. The first-order valence-electron chi connectivity index (χ1n) is 11.4. The maximum atomic E-state index is 12.2. The Morgan fingerprint density at radius 3 is 2.77 bits per heavy atom. The number of hydrogen-bond acceptors (Lipinski definition) is 6. The summed E-state index contributed by atoms with van der Waals surface area (Å²) in [6.45, 7) is 0. The van der Waals surface area contributed by atoms with Crippen molar-refractivity contribution in [3.8, 4) is 33.2 Å². The predicted octanol–water partition coefficient (Wildman–Crippen LogP) is 5.64. The van der Waals surface area contributed by atoms with Gasteiger partial charge >= 0.3 is 0 Å². The number of carbonyl (C=O) groups excluding carboxylic acids is 1. The molecule has 35 heavy (non-hydrogen) atoms. The molecule has 9 heteroatoms. The summed E-state index contributed by atoms with van der Waals surface area (Å²) in [4.78, 5) is 30.3. The first kappa shape index (κ1) is 20.0. The number of H-pyrrole nitrogens is 2. The SMILES string of the molecule is O=C(Nc1cncc(-c2cc3c(-c4cc5c(-c6cccs6)nccc5[nH]4)n[nH]c3cn2)c1)C1CC1. The number of amides is 1. The third kappa shape index (κ3) is 3.57. The van der Waals surface area contributed by atoms with Gasteiger partial charge in [-0.2, -0.15) is 5.10 Å². The molecule has 0 spiro atoms. The number of hydrogen-bond donors (Lipinski definition) is 3. The van der Waals surface area contributed by atoms with Crippen LogP contribution in [0, 0.1) is 5.92 Å². The topological polar surface area (TPSA) is 112 Å². The van der Waals surface area contributed by atoms with Crippen molar-refractivity contribution >= 4 is 44.7 Å². The first-order valence-corrected chi connectivity index (χ1v) is 12.2. The van der Waals surface area contributed by atoms with Gasteiger partial charge in [0.05, 0.1) is 45.6 Å². The fourth-order valence-corrected chi connectivity index (χ4v) is 5.04. The summed E-state index contributed by atoms with van der Waals surface area (Å²) >= 11 is 1.67. The fraction of sp³-hybridized carbons (Fsp3) is 0.115. The maximum Gasteiger partial charge on any atom is 0.227 e. The third-order valence-corrected chi connectivity index (χ3v) is 7.13. The molecule has 0 aliphatic heterocycles. The molecule has 6 heterocycles. The van der Waals surface area contributed by atoms with Crippen LogP contribution in [0.15, 0.2) is 66.6 Å². The Balaban J connectivity index is 1.29.